The fourth-order valence-corrected chi connectivity index (χ4v) is 12.5. The van der Waals surface area contributed by atoms with E-state index in [-0.39, 0.29) is 25.7 Å². The second kappa shape index (κ2) is 64.1. The first-order valence-electron chi connectivity index (χ1n) is 37.5. The van der Waals surface area contributed by atoms with Crippen molar-refractivity contribution in [2.45, 2.75) is 387 Å². The summed E-state index contributed by atoms with van der Waals surface area (Å²) in [6.45, 7) is 9.44. The second-order valence-electron chi connectivity index (χ2n) is 26.9. The summed E-state index contributed by atoms with van der Waals surface area (Å²) in [5.74, 6) is -0.618. The Bertz CT molecular complexity index is 1770. The first-order chi connectivity index (χ1) is 43.9. The van der Waals surface area contributed by atoms with E-state index in [0.29, 0.717) is 31.6 Å². The zero-order valence-corrected chi connectivity index (χ0v) is 60.9. The predicted molar refractivity (Wildman–Crippen MR) is 368 cm³/mol. The van der Waals surface area contributed by atoms with Crippen LogP contribution in [0.3, 0.4) is 0 Å². The lowest BCUT2D eigenvalue weighted by molar-refractivity contribution is -0.161. The summed E-state index contributed by atoms with van der Waals surface area (Å²) < 4.78 is 68.1. The number of aliphatic hydroxyl groups is 1. The molecular weight excluding hydrogens is 1200 g/mol. The van der Waals surface area contributed by atoms with Gasteiger partial charge in [0, 0.05) is 25.7 Å². The Labute approximate surface area is 556 Å². The van der Waals surface area contributed by atoms with E-state index in [2.05, 4.69) is 41.5 Å². The fraction of sp³-hybridized carbons (Fsp3) is 0.944. The molecule has 0 aromatic heterocycles. The number of phosphoric acid groups is 2. The SMILES string of the molecule is CCCCCCCCCCCCCCCCCC(=O)OC[C@H](COP(=O)(O)OC[C@@H](O)COP(=O)(O)OC[C@@H](COC(=O)CCCCCCC)OC(=O)CCCCCCCCCC(C)C)OC(=O)CCCCCCCCCCCCCCCCCCCCC(C)C. The summed E-state index contributed by atoms with van der Waals surface area (Å²) >= 11 is 0. The molecule has 0 saturated heterocycles. The summed E-state index contributed by atoms with van der Waals surface area (Å²) in [5, 5.41) is 10.6. The van der Waals surface area contributed by atoms with Gasteiger partial charge in [0.2, 0.25) is 0 Å². The van der Waals surface area contributed by atoms with Crippen molar-refractivity contribution in [3.8, 4) is 0 Å². The first-order valence-corrected chi connectivity index (χ1v) is 40.5. The summed E-state index contributed by atoms with van der Waals surface area (Å²) in [4.78, 5) is 72.3. The number of rotatable bonds is 71. The van der Waals surface area contributed by atoms with Crippen molar-refractivity contribution < 1.29 is 80.2 Å². The van der Waals surface area contributed by atoms with Crippen LogP contribution in [-0.4, -0.2) is 96.7 Å². The van der Waals surface area contributed by atoms with Crippen LogP contribution in [0.1, 0.15) is 369 Å². The predicted octanol–water partition coefficient (Wildman–Crippen LogP) is 20.8. The number of hydrogen-bond donors (Lipinski definition) is 3. The average Bonchev–Trinajstić information content (AvgIpc) is 2.70. The first kappa shape index (κ1) is 89.1. The maximum Gasteiger partial charge on any atom is 0.472 e. The molecule has 0 aliphatic heterocycles. The van der Waals surface area contributed by atoms with Crippen LogP contribution < -0.4 is 0 Å². The Morgan fingerprint density at radius 3 is 0.747 bits per heavy atom. The van der Waals surface area contributed by atoms with Gasteiger partial charge in [0.15, 0.2) is 12.2 Å². The zero-order valence-electron chi connectivity index (χ0n) is 59.1. The van der Waals surface area contributed by atoms with Gasteiger partial charge in [0.1, 0.15) is 19.3 Å². The molecule has 0 bridgehead atoms. The largest absolute Gasteiger partial charge is 0.472 e. The van der Waals surface area contributed by atoms with E-state index in [1.54, 1.807) is 0 Å². The highest BCUT2D eigenvalue weighted by Crippen LogP contribution is 2.45. The van der Waals surface area contributed by atoms with Gasteiger partial charge >= 0.3 is 39.5 Å². The van der Waals surface area contributed by atoms with Crippen LogP contribution in [-0.2, 0) is 65.4 Å². The van der Waals surface area contributed by atoms with Gasteiger partial charge in [-0.25, -0.2) is 9.13 Å². The molecule has 0 amide bonds. The summed E-state index contributed by atoms with van der Waals surface area (Å²) in [6, 6.07) is 0. The monoisotopic (exact) mass is 1340 g/mol. The lowest BCUT2D eigenvalue weighted by Gasteiger charge is -2.21. The topological polar surface area (TPSA) is 237 Å². The minimum atomic E-state index is -4.95. The highest BCUT2D eigenvalue weighted by Gasteiger charge is 2.30. The van der Waals surface area contributed by atoms with E-state index in [1.807, 2.05) is 0 Å². The third-order valence-electron chi connectivity index (χ3n) is 16.7. The molecule has 0 aromatic carbocycles. The van der Waals surface area contributed by atoms with Gasteiger partial charge in [0.25, 0.3) is 0 Å². The number of carbonyl (C=O) groups is 4. The van der Waals surface area contributed by atoms with Gasteiger partial charge in [-0.15, -0.1) is 0 Å². The summed E-state index contributed by atoms with van der Waals surface area (Å²) in [6.07, 6.45) is 50.6. The van der Waals surface area contributed by atoms with Crippen molar-refractivity contribution in [1.82, 2.24) is 0 Å². The van der Waals surface area contributed by atoms with E-state index in [0.717, 1.165) is 102 Å². The second-order valence-corrected chi connectivity index (χ2v) is 29.8. The van der Waals surface area contributed by atoms with Crippen molar-refractivity contribution in [2.75, 3.05) is 39.6 Å². The minimum Gasteiger partial charge on any atom is -0.462 e. The fourth-order valence-electron chi connectivity index (χ4n) is 10.9. The Morgan fingerprint density at radius 1 is 0.297 bits per heavy atom. The number of unbranched alkanes of at least 4 members (excludes halogenated alkanes) is 41. The van der Waals surface area contributed by atoms with Crippen LogP contribution in [0.4, 0.5) is 0 Å². The number of carbonyl (C=O) groups excluding carboxylic acids is 4. The number of phosphoric ester groups is 2. The lowest BCUT2D eigenvalue weighted by Crippen LogP contribution is -2.30. The van der Waals surface area contributed by atoms with Crippen LogP contribution in [0.25, 0.3) is 0 Å². The molecule has 5 atom stereocenters. The molecule has 0 radical (unpaired) electrons. The van der Waals surface area contributed by atoms with Crippen molar-refractivity contribution in [3.05, 3.63) is 0 Å². The van der Waals surface area contributed by atoms with E-state index >= 15 is 0 Å². The van der Waals surface area contributed by atoms with Crippen molar-refractivity contribution in [2.24, 2.45) is 11.8 Å². The average molecular weight is 1340 g/mol. The zero-order chi connectivity index (χ0) is 67.2. The van der Waals surface area contributed by atoms with Gasteiger partial charge in [-0.3, -0.25) is 37.3 Å². The molecule has 2 unspecified atom stereocenters. The molecule has 0 spiro atoms. The van der Waals surface area contributed by atoms with Gasteiger partial charge in [-0.1, -0.05) is 318 Å². The smallest absolute Gasteiger partial charge is 0.462 e. The third-order valence-corrected chi connectivity index (χ3v) is 18.6. The Morgan fingerprint density at radius 2 is 0.505 bits per heavy atom. The maximum absolute atomic E-state index is 13.1. The minimum absolute atomic E-state index is 0.103. The summed E-state index contributed by atoms with van der Waals surface area (Å²) in [5.41, 5.74) is 0. The standard InChI is InChI=1S/C72H140O17P2/c1-7-9-11-13-14-15-16-17-22-26-29-32-37-43-49-55-70(75)83-61-68(89-71(76)56-50-44-38-33-30-27-24-21-19-18-20-23-25-28-31-35-41-46-52-64(3)4)63-87-91(80,81)85-59-66(73)58-84-90(78,79)86-62-67(60-82-69(74)54-48-40-12-10-8-2)88-72(77)57-51-45-39-34-36-42-47-53-65(5)6/h64-68,73H,7-63H2,1-6H3,(H,78,79)(H,80,81)/t66-,67+,68+/m0/s1. The van der Waals surface area contributed by atoms with Gasteiger partial charge in [-0.05, 0) is 37.5 Å². The molecule has 91 heavy (non-hydrogen) atoms. The van der Waals surface area contributed by atoms with E-state index in [1.165, 1.54) is 180 Å². The quantitative estimate of drug-likeness (QED) is 0.0222. The van der Waals surface area contributed by atoms with Crippen LogP contribution in [0.2, 0.25) is 0 Å². The molecular formula is C72H140O17P2. The number of esters is 4. The molecule has 19 heteroatoms. The van der Waals surface area contributed by atoms with Crippen LogP contribution in [0.15, 0.2) is 0 Å². The van der Waals surface area contributed by atoms with Crippen LogP contribution in [0.5, 0.6) is 0 Å². The Kier molecular flexibility index (Phi) is 62.7. The highest BCUT2D eigenvalue weighted by molar-refractivity contribution is 7.47. The molecule has 0 aromatic rings. The maximum atomic E-state index is 13.1. The molecule has 540 valence electrons. The molecule has 0 aliphatic carbocycles. The molecule has 0 rings (SSSR count). The Balaban J connectivity index is 5.11. The third kappa shape index (κ3) is 66.5. The molecule has 17 nitrogen and oxygen atoms in total. The highest BCUT2D eigenvalue weighted by atomic mass is 31.2. The van der Waals surface area contributed by atoms with Crippen molar-refractivity contribution in [3.63, 3.8) is 0 Å². The van der Waals surface area contributed by atoms with Crippen molar-refractivity contribution in [1.29, 1.82) is 0 Å². The molecule has 0 saturated carbocycles. The van der Waals surface area contributed by atoms with Gasteiger partial charge in [-0.2, -0.15) is 0 Å². The normalized spacial score (nSPS) is 14.1. The molecule has 3 N–H and O–H groups in total. The van der Waals surface area contributed by atoms with E-state index in [4.69, 9.17) is 37.0 Å². The van der Waals surface area contributed by atoms with Gasteiger partial charge < -0.3 is 33.8 Å². The Hall–Kier alpha value is -1.94. The van der Waals surface area contributed by atoms with E-state index < -0.39 is 97.5 Å². The molecule has 0 aliphatic rings. The molecule has 0 fully saturated rings. The van der Waals surface area contributed by atoms with Gasteiger partial charge in [0.05, 0.1) is 26.4 Å². The number of aliphatic hydroxyl groups excluding tert-OH is 1. The van der Waals surface area contributed by atoms with Crippen LogP contribution in [0, 0.1) is 11.8 Å². The van der Waals surface area contributed by atoms with Crippen LogP contribution >= 0.6 is 15.6 Å². The molecule has 0 heterocycles. The number of hydrogen-bond acceptors (Lipinski definition) is 15. The van der Waals surface area contributed by atoms with E-state index in [9.17, 15) is 43.2 Å². The van der Waals surface area contributed by atoms with Crippen molar-refractivity contribution >= 4 is 39.5 Å². The summed E-state index contributed by atoms with van der Waals surface area (Å²) in [7, 11) is -9.89. The lowest BCUT2D eigenvalue weighted by atomic mass is 10.0. The number of ether oxygens (including phenoxy) is 4.